The van der Waals surface area contributed by atoms with Crippen LogP contribution in [0.15, 0.2) is 68.6 Å². The number of phenolic OH excluding ortho intramolecular Hbond substituents is 1. The number of hydrogen-bond acceptors (Lipinski definition) is 10. The largest absolute Gasteiger partial charge is 0.505 e. The van der Waals surface area contributed by atoms with Crippen LogP contribution in [0.3, 0.4) is 0 Å². The van der Waals surface area contributed by atoms with E-state index in [0.717, 1.165) is 6.07 Å². The van der Waals surface area contributed by atoms with Crippen molar-refractivity contribution in [3.8, 4) is 5.75 Å². The molecule has 37 heavy (non-hydrogen) atoms. The summed E-state index contributed by atoms with van der Waals surface area (Å²) in [4.78, 5) is 10.8. The monoisotopic (exact) mass is 571 g/mol. The van der Waals surface area contributed by atoms with E-state index >= 15 is 0 Å². The predicted octanol–water partition coefficient (Wildman–Crippen LogP) is 3.06. The van der Waals surface area contributed by atoms with Crippen molar-refractivity contribution in [3.63, 3.8) is 0 Å². The van der Waals surface area contributed by atoms with Crippen LogP contribution >= 0.6 is 0 Å². The molecule has 1 atom stereocenters. The molecular formula is C21H21N3O10S3. The van der Waals surface area contributed by atoms with Gasteiger partial charge in [0.2, 0.25) is 5.91 Å². The van der Waals surface area contributed by atoms with Crippen molar-refractivity contribution in [1.29, 1.82) is 0 Å². The number of amides is 1. The Morgan fingerprint density at radius 3 is 2.22 bits per heavy atom. The Bertz CT molecular complexity index is 1720. The van der Waals surface area contributed by atoms with E-state index in [9.17, 15) is 35.5 Å². The molecular weight excluding hydrogens is 550 g/mol. The van der Waals surface area contributed by atoms with Crippen LogP contribution < -0.4 is 5.32 Å². The van der Waals surface area contributed by atoms with Gasteiger partial charge in [0, 0.05) is 28.6 Å². The Morgan fingerprint density at radius 2 is 1.65 bits per heavy atom. The molecule has 3 rings (SSSR count). The Hall–Kier alpha value is -3.41. The number of aromatic hydroxyl groups is 1. The topological polar surface area (TPSA) is 209 Å². The molecule has 0 radical (unpaired) electrons. The van der Waals surface area contributed by atoms with Crippen molar-refractivity contribution in [2.24, 2.45) is 10.2 Å². The molecule has 0 aliphatic heterocycles. The number of carbonyl (C=O) groups excluding carboxylic acids is 1. The molecule has 0 aliphatic rings. The van der Waals surface area contributed by atoms with Crippen molar-refractivity contribution >= 4 is 69.7 Å². The highest BCUT2D eigenvalue weighted by molar-refractivity contribution is 8.00. The molecule has 3 aromatic carbocycles. The number of fused-ring (bicyclic) bond motifs is 1. The molecule has 0 heterocycles. The van der Waals surface area contributed by atoms with Crippen LogP contribution in [-0.2, 0) is 39.0 Å². The van der Waals surface area contributed by atoms with E-state index in [1.54, 1.807) is 0 Å². The van der Waals surface area contributed by atoms with Gasteiger partial charge in [-0.1, -0.05) is 6.07 Å². The lowest BCUT2D eigenvalue weighted by atomic mass is 10.1. The molecule has 198 valence electrons. The molecule has 1 amide bonds. The zero-order valence-corrected chi connectivity index (χ0v) is 21.5. The minimum Gasteiger partial charge on any atom is -0.505 e. The average Bonchev–Trinajstić information content (AvgIpc) is 2.77. The second kappa shape index (κ2) is 10.5. The number of phenols is 1. The van der Waals surface area contributed by atoms with Crippen LogP contribution in [-0.4, -0.2) is 59.4 Å². The Kier molecular flexibility index (Phi) is 8.01. The van der Waals surface area contributed by atoms with Gasteiger partial charge >= 0.3 is 10.4 Å². The number of nitrogens with one attached hydrogen (secondary N) is 1. The Labute approximate surface area is 212 Å². The van der Waals surface area contributed by atoms with Gasteiger partial charge in [-0.05, 0) is 63.2 Å². The van der Waals surface area contributed by atoms with E-state index < -0.39 is 53.0 Å². The van der Waals surface area contributed by atoms with Crippen LogP contribution in [0.2, 0.25) is 0 Å². The van der Waals surface area contributed by atoms with Crippen LogP contribution in [0.1, 0.15) is 6.92 Å². The minimum atomic E-state index is -4.83. The summed E-state index contributed by atoms with van der Waals surface area (Å²) >= 11 is 0. The lowest BCUT2D eigenvalue weighted by molar-refractivity contribution is -0.114. The molecule has 0 saturated heterocycles. The fraction of sp³-hybridized carbons (Fsp3) is 0.143. The van der Waals surface area contributed by atoms with E-state index in [1.807, 2.05) is 0 Å². The maximum absolute atomic E-state index is 12.7. The molecule has 3 aromatic rings. The first-order valence-electron chi connectivity index (χ1n) is 10.1. The summed E-state index contributed by atoms with van der Waals surface area (Å²) in [5.74, 6) is 2.26. The van der Waals surface area contributed by atoms with E-state index in [1.165, 1.54) is 49.4 Å². The van der Waals surface area contributed by atoms with Crippen molar-refractivity contribution in [2.75, 3.05) is 17.7 Å². The maximum Gasteiger partial charge on any atom is 0.397 e. The van der Waals surface area contributed by atoms with Gasteiger partial charge in [-0.2, -0.15) is 21.9 Å². The molecule has 1 unspecified atom stereocenters. The molecule has 0 aliphatic carbocycles. The predicted molar refractivity (Wildman–Crippen MR) is 136 cm³/mol. The van der Waals surface area contributed by atoms with Crippen molar-refractivity contribution in [2.45, 2.75) is 16.7 Å². The number of rotatable bonds is 9. The first-order valence-corrected chi connectivity index (χ1v) is 14.8. The van der Waals surface area contributed by atoms with Gasteiger partial charge < -0.3 is 10.4 Å². The molecule has 0 fully saturated rings. The summed E-state index contributed by atoms with van der Waals surface area (Å²) in [6.45, 7) is 0.725. The molecule has 0 bridgehead atoms. The second-order valence-electron chi connectivity index (χ2n) is 7.62. The van der Waals surface area contributed by atoms with Crippen LogP contribution in [0, 0.1) is 0 Å². The molecule has 0 spiro atoms. The summed E-state index contributed by atoms with van der Waals surface area (Å²) in [7, 11) is -12.5. The molecule has 0 saturated carbocycles. The first-order chi connectivity index (χ1) is 17.1. The third-order valence-corrected chi connectivity index (χ3v) is 8.12. The number of benzene rings is 3. The van der Waals surface area contributed by atoms with Gasteiger partial charge in [-0.25, -0.2) is 4.18 Å². The normalized spacial score (nSPS) is 14.0. The summed E-state index contributed by atoms with van der Waals surface area (Å²) in [5.41, 5.74) is -0.0876. The van der Waals surface area contributed by atoms with Gasteiger partial charge in [0.05, 0.1) is 12.3 Å². The van der Waals surface area contributed by atoms with E-state index in [-0.39, 0.29) is 33.0 Å². The van der Waals surface area contributed by atoms with E-state index in [4.69, 9.17) is 4.55 Å². The van der Waals surface area contributed by atoms with Gasteiger partial charge in [0.25, 0.3) is 10.1 Å². The quantitative estimate of drug-likeness (QED) is 0.167. The number of nitrogens with zero attached hydrogens (tertiary/aromatic N) is 2. The van der Waals surface area contributed by atoms with Crippen LogP contribution in [0.25, 0.3) is 10.8 Å². The number of azo groups is 1. The SMILES string of the molecule is C=S(=O)(CCOS(=O)(=O)O)c1ccc(N=Nc2c(S(=O)(=O)O)cc3ccc(NC(C)=O)cc3c2O)cc1. The fourth-order valence-corrected chi connectivity index (χ4v) is 5.45. The zero-order chi connectivity index (χ0) is 27.6. The van der Waals surface area contributed by atoms with Gasteiger partial charge in [0.15, 0.2) is 5.75 Å². The summed E-state index contributed by atoms with van der Waals surface area (Å²) in [5, 5.41) is 21.3. The third-order valence-electron chi connectivity index (χ3n) is 4.83. The molecule has 4 N–H and O–H groups in total. The second-order valence-corrected chi connectivity index (χ2v) is 12.6. The lowest BCUT2D eigenvalue weighted by Crippen LogP contribution is -2.15. The Morgan fingerprint density at radius 1 is 1.00 bits per heavy atom. The fourth-order valence-electron chi connectivity index (χ4n) is 3.18. The average molecular weight is 572 g/mol. The maximum atomic E-state index is 12.7. The highest BCUT2D eigenvalue weighted by atomic mass is 32.3. The van der Waals surface area contributed by atoms with Gasteiger partial charge in [0.1, 0.15) is 10.6 Å². The van der Waals surface area contributed by atoms with Gasteiger partial charge in [-0.3, -0.25) is 18.1 Å². The Balaban J connectivity index is 1.96. The van der Waals surface area contributed by atoms with E-state index in [0.29, 0.717) is 5.69 Å². The van der Waals surface area contributed by atoms with Crippen molar-refractivity contribution < 1.29 is 44.2 Å². The smallest absolute Gasteiger partial charge is 0.397 e. The molecule has 16 heteroatoms. The first kappa shape index (κ1) is 28.2. The highest BCUT2D eigenvalue weighted by Gasteiger charge is 2.22. The lowest BCUT2D eigenvalue weighted by Gasteiger charge is -2.11. The van der Waals surface area contributed by atoms with Crippen LogP contribution in [0.5, 0.6) is 5.75 Å². The summed E-state index contributed by atoms with van der Waals surface area (Å²) in [6.07, 6.45) is 0. The van der Waals surface area contributed by atoms with Crippen molar-refractivity contribution in [1.82, 2.24) is 0 Å². The summed E-state index contributed by atoms with van der Waals surface area (Å²) < 4.78 is 80.3. The molecule has 13 nitrogen and oxygen atoms in total. The number of carbonyl (C=O) groups is 1. The standard InChI is InChI=1S/C21H21N3O10S3/c1-13(25)22-16-4-3-14-11-19(36(28,29)30)20(21(26)18(14)12-16)24-23-15-5-7-17(8-6-15)35(2,27)10-9-34-37(31,32)33/h3-8,11-12,26H,2,9-10H2,1H3,(H,22,25)(H,28,29,30)(H,31,32,33). The number of hydrogen-bond donors (Lipinski definition) is 4. The summed E-state index contributed by atoms with van der Waals surface area (Å²) in [6, 6.07) is 10.8. The third kappa shape index (κ3) is 7.31. The number of anilines is 1. The van der Waals surface area contributed by atoms with Crippen molar-refractivity contribution in [3.05, 3.63) is 48.5 Å². The zero-order valence-electron chi connectivity index (χ0n) is 19.1. The van der Waals surface area contributed by atoms with E-state index in [2.05, 4.69) is 25.6 Å². The van der Waals surface area contributed by atoms with Gasteiger partial charge in [-0.15, -0.1) is 5.11 Å². The highest BCUT2D eigenvalue weighted by Crippen LogP contribution is 2.42. The molecule has 0 aromatic heterocycles. The van der Waals surface area contributed by atoms with Crippen LogP contribution in [0.4, 0.5) is 17.1 Å². The minimum absolute atomic E-state index is 0.131.